The maximum Gasteiger partial charge on any atom is 0.226 e. The third-order valence-electron chi connectivity index (χ3n) is 3.04. The van der Waals surface area contributed by atoms with Crippen molar-refractivity contribution in [3.05, 3.63) is 22.7 Å². The summed E-state index contributed by atoms with van der Waals surface area (Å²) in [6.45, 7) is 6.31. The Morgan fingerprint density at radius 2 is 2.10 bits per heavy atom. The second-order valence-corrected chi connectivity index (χ2v) is 6.06. The molecule has 1 aromatic rings. The third kappa shape index (κ3) is 4.97. The molecule has 1 aromatic carbocycles. The fourth-order valence-electron chi connectivity index (χ4n) is 1.66. The lowest BCUT2D eigenvalue weighted by molar-refractivity contribution is -0.128. The molecule has 0 atom stereocenters. The lowest BCUT2D eigenvalue weighted by atomic mass is 9.95. The minimum Gasteiger partial charge on any atom is -0.503 e. The number of hydrogen-bond acceptors (Lipinski definition) is 3. The van der Waals surface area contributed by atoms with Crippen molar-refractivity contribution >= 4 is 29.1 Å². The first-order valence-electron chi connectivity index (χ1n) is 6.80. The Morgan fingerprint density at radius 3 is 2.67 bits per heavy atom. The molecule has 0 unspecified atom stereocenters. The summed E-state index contributed by atoms with van der Waals surface area (Å²) in [6.07, 6.45) is 0.587. The van der Waals surface area contributed by atoms with Crippen molar-refractivity contribution in [3.8, 4) is 11.5 Å². The van der Waals surface area contributed by atoms with Gasteiger partial charge in [0.15, 0.2) is 11.5 Å². The summed E-state index contributed by atoms with van der Waals surface area (Å²) in [5, 5.41) is 12.8. The summed E-state index contributed by atoms with van der Waals surface area (Å²) in [7, 11) is 0. The zero-order valence-electron chi connectivity index (χ0n) is 12.5. The van der Waals surface area contributed by atoms with Crippen LogP contribution in [-0.2, 0) is 11.2 Å². The molecular formula is C15H21Cl2NO3. The van der Waals surface area contributed by atoms with E-state index in [4.69, 9.17) is 27.9 Å². The van der Waals surface area contributed by atoms with Crippen LogP contribution in [0.25, 0.3) is 0 Å². The number of amides is 1. The smallest absolute Gasteiger partial charge is 0.226 e. The molecule has 0 aliphatic heterocycles. The van der Waals surface area contributed by atoms with Crippen molar-refractivity contribution in [1.82, 2.24) is 5.32 Å². The number of rotatable bonds is 7. The molecule has 0 aromatic heterocycles. The van der Waals surface area contributed by atoms with Crippen molar-refractivity contribution < 1.29 is 14.6 Å². The topological polar surface area (TPSA) is 58.6 Å². The second kappa shape index (κ2) is 7.76. The zero-order valence-corrected chi connectivity index (χ0v) is 14.0. The van der Waals surface area contributed by atoms with Crippen LogP contribution in [0.5, 0.6) is 11.5 Å². The Balaban J connectivity index is 2.66. The predicted octanol–water partition coefficient (Wildman–Crippen LogP) is 3.37. The summed E-state index contributed by atoms with van der Waals surface area (Å²) < 4.78 is 5.32. The van der Waals surface area contributed by atoms with Gasteiger partial charge in [0.25, 0.3) is 0 Å². The van der Waals surface area contributed by atoms with Gasteiger partial charge in [0.2, 0.25) is 5.91 Å². The van der Waals surface area contributed by atoms with Crippen molar-refractivity contribution in [2.24, 2.45) is 5.41 Å². The minimum atomic E-state index is -0.593. The van der Waals surface area contributed by atoms with Crippen molar-refractivity contribution in [2.75, 3.05) is 19.0 Å². The van der Waals surface area contributed by atoms with Gasteiger partial charge in [-0.3, -0.25) is 4.79 Å². The molecule has 0 bridgehead atoms. The second-order valence-electron chi connectivity index (χ2n) is 5.38. The van der Waals surface area contributed by atoms with E-state index in [0.29, 0.717) is 25.3 Å². The molecule has 6 heteroatoms. The number of aromatic hydroxyl groups is 1. The van der Waals surface area contributed by atoms with Gasteiger partial charge in [0, 0.05) is 12.4 Å². The quantitative estimate of drug-likeness (QED) is 0.752. The molecule has 1 rings (SSSR count). The van der Waals surface area contributed by atoms with Gasteiger partial charge in [0.1, 0.15) is 0 Å². The van der Waals surface area contributed by atoms with Gasteiger partial charge in [-0.2, -0.15) is 0 Å². The average molecular weight is 334 g/mol. The van der Waals surface area contributed by atoms with Crippen LogP contribution in [-0.4, -0.2) is 30.0 Å². The normalized spacial score (nSPS) is 11.3. The number of benzene rings is 1. The van der Waals surface area contributed by atoms with Gasteiger partial charge in [-0.25, -0.2) is 0 Å². The van der Waals surface area contributed by atoms with Crippen molar-refractivity contribution in [3.63, 3.8) is 0 Å². The van der Waals surface area contributed by atoms with Gasteiger partial charge >= 0.3 is 0 Å². The molecule has 0 radical (unpaired) electrons. The molecule has 0 saturated heterocycles. The number of phenolic OH excluding ortho intramolecular Hbond substituents is 1. The molecule has 4 nitrogen and oxygen atoms in total. The Hall–Kier alpha value is -1.13. The molecule has 1 amide bonds. The van der Waals surface area contributed by atoms with E-state index < -0.39 is 5.41 Å². The van der Waals surface area contributed by atoms with Gasteiger partial charge in [-0.1, -0.05) is 11.6 Å². The van der Waals surface area contributed by atoms with Crippen LogP contribution in [0.4, 0.5) is 0 Å². The zero-order chi connectivity index (χ0) is 16.0. The van der Waals surface area contributed by atoms with Crippen molar-refractivity contribution in [1.29, 1.82) is 0 Å². The Kier molecular flexibility index (Phi) is 6.62. The van der Waals surface area contributed by atoms with Gasteiger partial charge in [0.05, 0.1) is 17.0 Å². The highest BCUT2D eigenvalue weighted by Gasteiger charge is 2.25. The summed E-state index contributed by atoms with van der Waals surface area (Å²) in [6, 6.07) is 3.39. The number of carbonyl (C=O) groups is 1. The van der Waals surface area contributed by atoms with Crippen LogP contribution in [0.2, 0.25) is 5.02 Å². The van der Waals surface area contributed by atoms with Crippen LogP contribution in [0.15, 0.2) is 12.1 Å². The third-order valence-corrected chi connectivity index (χ3v) is 3.99. The first kappa shape index (κ1) is 17.9. The number of nitrogens with one attached hydrogen (secondary N) is 1. The molecule has 0 aliphatic rings. The largest absolute Gasteiger partial charge is 0.503 e. The van der Waals surface area contributed by atoms with Gasteiger partial charge in [-0.05, 0) is 44.9 Å². The van der Waals surface area contributed by atoms with Crippen LogP contribution in [0, 0.1) is 5.41 Å². The van der Waals surface area contributed by atoms with Crippen LogP contribution in [0.3, 0.4) is 0 Å². The van der Waals surface area contributed by atoms with E-state index in [1.807, 2.05) is 6.92 Å². The molecule has 0 saturated carbocycles. The number of halogens is 2. The number of ether oxygens (including phenoxy) is 1. The van der Waals surface area contributed by atoms with E-state index in [1.165, 1.54) is 0 Å². The molecule has 21 heavy (non-hydrogen) atoms. The fraction of sp³-hybridized carbons (Fsp3) is 0.533. The summed E-state index contributed by atoms with van der Waals surface area (Å²) in [4.78, 5) is 11.9. The van der Waals surface area contributed by atoms with Gasteiger partial charge < -0.3 is 15.2 Å². The van der Waals surface area contributed by atoms with E-state index in [2.05, 4.69) is 5.32 Å². The molecule has 0 fully saturated rings. The van der Waals surface area contributed by atoms with Crippen LogP contribution < -0.4 is 10.1 Å². The highest BCUT2D eigenvalue weighted by atomic mass is 35.5. The predicted molar refractivity (Wildman–Crippen MR) is 85.5 cm³/mol. The standard InChI is InChI=1S/C15H21Cl2NO3/c1-4-21-12-8-10(7-11(17)13(12)19)5-6-18-14(20)15(2,3)9-16/h7-8,19H,4-6,9H2,1-3H3,(H,18,20). The van der Waals surface area contributed by atoms with E-state index in [-0.39, 0.29) is 22.6 Å². The number of phenols is 1. The highest BCUT2D eigenvalue weighted by molar-refractivity contribution is 6.32. The lowest BCUT2D eigenvalue weighted by Gasteiger charge is -2.20. The average Bonchev–Trinajstić information content (AvgIpc) is 2.44. The number of alkyl halides is 1. The minimum absolute atomic E-state index is 0.0606. The van der Waals surface area contributed by atoms with Crippen LogP contribution >= 0.6 is 23.2 Å². The number of carbonyl (C=O) groups excluding carboxylic acids is 1. The monoisotopic (exact) mass is 333 g/mol. The lowest BCUT2D eigenvalue weighted by Crippen LogP contribution is -2.39. The van der Waals surface area contributed by atoms with E-state index in [9.17, 15) is 9.90 Å². The first-order valence-corrected chi connectivity index (χ1v) is 7.71. The number of hydrogen-bond donors (Lipinski definition) is 2. The SMILES string of the molecule is CCOc1cc(CCNC(=O)C(C)(C)CCl)cc(Cl)c1O. The molecule has 2 N–H and O–H groups in total. The Bertz CT molecular complexity index is 504. The molecule has 0 spiro atoms. The Labute approximate surface area is 135 Å². The summed E-state index contributed by atoms with van der Waals surface area (Å²) >= 11 is 11.7. The summed E-state index contributed by atoms with van der Waals surface area (Å²) in [5.74, 6) is 0.465. The first-order chi connectivity index (χ1) is 9.81. The molecular weight excluding hydrogens is 313 g/mol. The van der Waals surface area contributed by atoms with Crippen molar-refractivity contribution in [2.45, 2.75) is 27.2 Å². The van der Waals surface area contributed by atoms with E-state index in [1.54, 1.807) is 26.0 Å². The van der Waals surface area contributed by atoms with E-state index in [0.717, 1.165) is 5.56 Å². The molecule has 0 heterocycles. The van der Waals surface area contributed by atoms with Crippen LogP contribution in [0.1, 0.15) is 26.3 Å². The van der Waals surface area contributed by atoms with Gasteiger partial charge in [-0.15, -0.1) is 11.6 Å². The van der Waals surface area contributed by atoms with E-state index >= 15 is 0 Å². The Morgan fingerprint density at radius 1 is 1.43 bits per heavy atom. The summed E-state index contributed by atoms with van der Waals surface area (Å²) in [5.41, 5.74) is 0.287. The highest BCUT2D eigenvalue weighted by Crippen LogP contribution is 2.35. The molecule has 118 valence electrons. The maximum atomic E-state index is 11.9. The fourth-order valence-corrected chi connectivity index (χ4v) is 2.01. The maximum absolute atomic E-state index is 11.9. The molecule has 0 aliphatic carbocycles.